The van der Waals surface area contributed by atoms with Crippen molar-refractivity contribution in [2.75, 3.05) is 5.75 Å². The van der Waals surface area contributed by atoms with E-state index in [2.05, 4.69) is 0 Å². The summed E-state index contributed by atoms with van der Waals surface area (Å²) in [6, 6.07) is 8.49. The maximum Gasteiger partial charge on any atom is 0.309 e. The van der Waals surface area contributed by atoms with Crippen molar-refractivity contribution in [3.63, 3.8) is 0 Å². The second-order valence-corrected chi connectivity index (χ2v) is 5.77. The zero-order valence-electron chi connectivity index (χ0n) is 7.83. The second kappa shape index (κ2) is 3.34. The Kier molecular flexibility index (Phi) is 2.26. The molecule has 1 aliphatic rings. The first-order chi connectivity index (χ1) is 7.02. The molecule has 0 aliphatic carbocycles. The molecule has 2 atom stereocenters. The molecule has 1 fully saturated rings. The smallest absolute Gasteiger partial charge is 0.309 e. The van der Waals surface area contributed by atoms with Crippen molar-refractivity contribution in [2.24, 2.45) is 5.92 Å². The molecule has 15 heavy (non-hydrogen) atoms. The van der Waals surface area contributed by atoms with Crippen molar-refractivity contribution in [1.82, 2.24) is 0 Å². The fourth-order valence-electron chi connectivity index (χ4n) is 1.85. The topological polar surface area (TPSA) is 71.4 Å². The Hall–Kier alpha value is -1.36. The lowest BCUT2D eigenvalue weighted by atomic mass is 9.99. The van der Waals surface area contributed by atoms with Crippen LogP contribution in [0.25, 0.3) is 0 Å². The number of carbonyl (C=O) groups is 1. The number of aliphatic carboxylic acids is 1. The quantitative estimate of drug-likeness (QED) is 0.811. The van der Waals surface area contributed by atoms with E-state index in [-0.39, 0.29) is 5.75 Å². The summed E-state index contributed by atoms with van der Waals surface area (Å²) >= 11 is 0. The van der Waals surface area contributed by atoms with E-state index in [1.54, 1.807) is 30.3 Å². The van der Waals surface area contributed by atoms with Crippen LogP contribution in [-0.2, 0) is 14.6 Å². The SMILES string of the molecule is O=C(O)C1CS(=O)(=O)C1c1ccccc1. The van der Waals surface area contributed by atoms with E-state index in [4.69, 9.17) is 5.11 Å². The van der Waals surface area contributed by atoms with Crippen LogP contribution >= 0.6 is 0 Å². The van der Waals surface area contributed by atoms with Crippen molar-refractivity contribution in [3.05, 3.63) is 35.9 Å². The number of rotatable bonds is 2. The van der Waals surface area contributed by atoms with Gasteiger partial charge in [0.1, 0.15) is 5.25 Å². The zero-order valence-corrected chi connectivity index (χ0v) is 8.65. The highest BCUT2D eigenvalue weighted by Gasteiger charge is 2.50. The molecule has 80 valence electrons. The number of carboxylic acids is 1. The summed E-state index contributed by atoms with van der Waals surface area (Å²) in [6.07, 6.45) is 0. The van der Waals surface area contributed by atoms with Crippen molar-refractivity contribution in [2.45, 2.75) is 5.25 Å². The summed E-state index contributed by atoms with van der Waals surface area (Å²) in [5, 5.41) is 7.97. The highest BCUT2D eigenvalue weighted by molar-refractivity contribution is 7.93. The molecular weight excluding hydrogens is 216 g/mol. The number of hydrogen-bond acceptors (Lipinski definition) is 3. The highest BCUT2D eigenvalue weighted by atomic mass is 32.2. The van der Waals surface area contributed by atoms with E-state index in [0.29, 0.717) is 5.56 Å². The van der Waals surface area contributed by atoms with Gasteiger partial charge in [0.25, 0.3) is 0 Å². The molecular formula is C10H10O4S. The van der Waals surface area contributed by atoms with Gasteiger partial charge in [0.05, 0.1) is 11.7 Å². The van der Waals surface area contributed by atoms with Gasteiger partial charge in [-0.3, -0.25) is 4.79 Å². The van der Waals surface area contributed by atoms with Crippen LogP contribution < -0.4 is 0 Å². The number of sulfone groups is 1. The van der Waals surface area contributed by atoms with Gasteiger partial charge >= 0.3 is 5.97 Å². The van der Waals surface area contributed by atoms with Crippen molar-refractivity contribution in [3.8, 4) is 0 Å². The molecule has 0 amide bonds. The summed E-state index contributed by atoms with van der Waals surface area (Å²) in [6.45, 7) is 0. The number of benzene rings is 1. The third-order valence-electron chi connectivity index (χ3n) is 2.61. The van der Waals surface area contributed by atoms with Gasteiger partial charge in [-0.1, -0.05) is 30.3 Å². The van der Waals surface area contributed by atoms with Crippen molar-refractivity contribution >= 4 is 15.8 Å². The molecule has 1 N–H and O–H groups in total. The average molecular weight is 226 g/mol. The lowest BCUT2D eigenvalue weighted by Gasteiger charge is -2.33. The second-order valence-electron chi connectivity index (χ2n) is 3.61. The monoisotopic (exact) mass is 226 g/mol. The van der Waals surface area contributed by atoms with E-state index in [1.807, 2.05) is 0 Å². The van der Waals surface area contributed by atoms with Crippen LogP contribution in [-0.4, -0.2) is 25.2 Å². The van der Waals surface area contributed by atoms with Crippen molar-refractivity contribution < 1.29 is 18.3 Å². The third kappa shape index (κ3) is 1.63. The molecule has 1 aliphatic heterocycles. The lowest BCUT2D eigenvalue weighted by Crippen LogP contribution is -2.44. The van der Waals surface area contributed by atoms with E-state index >= 15 is 0 Å². The Balaban J connectivity index is 2.38. The van der Waals surface area contributed by atoms with Crippen LogP contribution in [0.15, 0.2) is 30.3 Å². The summed E-state index contributed by atoms with van der Waals surface area (Å²) in [7, 11) is -3.25. The average Bonchev–Trinajstić information content (AvgIpc) is 2.16. The maximum absolute atomic E-state index is 11.5. The molecule has 2 rings (SSSR count). The minimum Gasteiger partial charge on any atom is -0.481 e. The largest absolute Gasteiger partial charge is 0.481 e. The fourth-order valence-corrected chi connectivity index (χ4v) is 3.82. The highest BCUT2D eigenvalue weighted by Crippen LogP contribution is 2.41. The molecule has 1 aromatic rings. The predicted octanol–water partition coefficient (Wildman–Crippen LogP) is 0.857. The standard InChI is InChI=1S/C10H10O4S/c11-10(12)8-6-15(13,14)9(8)7-4-2-1-3-5-7/h1-5,8-9H,6H2,(H,11,12). The Morgan fingerprint density at radius 1 is 1.27 bits per heavy atom. The molecule has 1 heterocycles. The minimum atomic E-state index is -3.25. The maximum atomic E-state index is 11.5. The van der Waals surface area contributed by atoms with Gasteiger partial charge in [-0.05, 0) is 5.56 Å². The molecule has 0 spiro atoms. The lowest BCUT2D eigenvalue weighted by molar-refractivity contribution is -0.141. The Morgan fingerprint density at radius 2 is 1.87 bits per heavy atom. The number of hydrogen-bond donors (Lipinski definition) is 1. The van der Waals surface area contributed by atoms with Crippen LogP contribution in [0.1, 0.15) is 10.8 Å². The minimum absolute atomic E-state index is 0.248. The molecule has 4 nitrogen and oxygen atoms in total. The Labute approximate surface area is 87.5 Å². The van der Waals surface area contributed by atoms with Gasteiger partial charge in [0.2, 0.25) is 0 Å². The van der Waals surface area contributed by atoms with Gasteiger partial charge in [-0.15, -0.1) is 0 Å². The van der Waals surface area contributed by atoms with Crippen LogP contribution in [0, 0.1) is 5.92 Å². The van der Waals surface area contributed by atoms with Gasteiger partial charge < -0.3 is 5.11 Å². The molecule has 5 heteroatoms. The zero-order chi connectivity index (χ0) is 11.1. The Morgan fingerprint density at radius 3 is 2.33 bits per heavy atom. The molecule has 2 unspecified atom stereocenters. The molecule has 0 bridgehead atoms. The van der Waals surface area contributed by atoms with Gasteiger partial charge in [0.15, 0.2) is 9.84 Å². The van der Waals surface area contributed by atoms with Crippen LogP contribution in [0.3, 0.4) is 0 Å². The molecule has 1 aromatic carbocycles. The van der Waals surface area contributed by atoms with Gasteiger partial charge in [-0.25, -0.2) is 8.42 Å². The number of carboxylic acid groups (broad SMARTS) is 1. The fraction of sp³-hybridized carbons (Fsp3) is 0.300. The van der Waals surface area contributed by atoms with E-state index in [9.17, 15) is 13.2 Å². The predicted molar refractivity (Wildman–Crippen MR) is 54.1 cm³/mol. The summed E-state index contributed by atoms with van der Waals surface area (Å²) in [5.74, 6) is -2.09. The molecule has 0 radical (unpaired) electrons. The summed E-state index contributed by atoms with van der Waals surface area (Å²) in [5.41, 5.74) is 0.566. The summed E-state index contributed by atoms with van der Waals surface area (Å²) in [4.78, 5) is 10.8. The Bertz CT molecular complexity index is 477. The van der Waals surface area contributed by atoms with Crippen molar-refractivity contribution in [1.29, 1.82) is 0 Å². The molecule has 0 aromatic heterocycles. The first-order valence-electron chi connectivity index (χ1n) is 4.52. The first-order valence-corrected chi connectivity index (χ1v) is 6.23. The molecule has 1 saturated heterocycles. The normalized spacial score (nSPS) is 28.0. The van der Waals surface area contributed by atoms with Gasteiger partial charge in [0, 0.05) is 0 Å². The van der Waals surface area contributed by atoms with E-state index < -0.39 is 27.0 Å². The van der Waals surface area contributed by atoms with Crippen LogP contribution in [0.5, 0.6) is 0 Å². The first kappa shape index (κ1) is 10.2. The molecule has 0 saturated carbocycles. The third-order valence-corrected chi connectivity index (χ3v) is 4.81. The van der Waals surface area contributed by atoms with E-state index in [0.717, 1.165) is 0 Å². The van der Waals surface area contributed by atoms with Gasteiger partial charge in [-0.2, -0.15) is 0 Å². The summed E-state index contributed by atoms with van der Waals surface area (Å²) < 4.78 is 22.9. The van der Waals surface area contributed by atoms with Crippen LogP contribution in [0.2, 0.25) is 0 Å². The van der Waals surface area contributed by atoms with Crippen LogP contribution in [0.4, 0.5) is 0 Å². The van der Waals surface area contributed by atoms with E-state index in [1.165, 1.54) is 0 Å².